The lowest BCUT2D eigenvalue weighted by Crippen LogP contribution is -2.13. The van der Waals surface area contributed by atoms with Crippen molar-refractivity contribution in [3.05, 3.63) is 60.2 Å². The minimum absolute atomic E-state index is 0.0699. The molecule has 6 nitrogen and oxygen atoms in total. The molecule has 3 aromatic rings. The van der Waals surface area contributed by atoms with Gasteiger partial charge in [0.1, 0.15) is 0 Å². The van der Waals surface area contributed by atoms with Crippen LogP contribution in [0.1, 0.15) is 24.8 Å². The first-order valence-corrected chi connectivity index (χ1v) is 7.87. The van der Waals surface area contributed by atoms with E-state index >= 15 is 0 Å². The van der Waals surface area contributed by atoms with Crippen molar-refractivity contribution in [2.24, 2.45) is 0 Å². The van der Waals surface area contributed by atoms with Crippen LogP contribution < -0.4 is 5.32 Å². The number of anilines is 1. The lowest BCUT2D eigenvalue weighted by atomic mass is 10.1. The van der Waals surface area contributed by atoms with Crippen LogP contribution in [0.25, 0.3) is 11.4 Å². The van der Waals surface area contributed by atoms with Crippen molar-refractivity contribution in [2.75, 3.05) is 5.32 Å². The predicted molar refractivity (Wildman–Crippen MR) is 90.3 cm³/mol. The zero-order valence-corrected chi connectivity index (χ0v) is 13.4. The highest BCUT2D eigenvalue weighted by atomic mass is 16.5. The summed E-state index contributed by atoms with van der Waals surface area (Å²) >= 11 is 0. The van der Waals surface area contributed by atoms with Crippen molar-refractivity contribution < 1.29 is 9.32 Å². The highest BCUT2D eigenvalue weighted by molar-refractivity contribution is 5.91. The normalized spacial score (nSPS) is 10.5. The Kier molecular flexibility index (Phi) is 4.96. The van der Waals surface area contributed by atoms with Crippen LogP contribution >= 0.6 is 0 Å². The molecule has 122 valence electrons. The second-order valence-electron chi connectivity index (χ2n) is 5.31. The lowest BCUT2D eigenvalue weighted by Gasteiger charge is -2.08. The molecule has 24 heavy (non-hydrogen) atoms. The standard InChI is InChI=1S/C18H18N4O2/c1-2-13-5-3-4-6-15(13)20-16(23)7-8-17-21-18(22-24-17)14-9-11-19-12-10-14/h3-6,9-12H,2,7-8H2,1H3,(H,20,23). The largest absolute Gasteiger partial charge is 0.339 e. The molecule has 0 spiro atoms. The van der Waals surface area contributed by atoms with Gasteiger partial charge in [-0.2, -0.15) is 4.98 Å². The van der Waals surface area contributed by atoms with Gasteiger partial charge in [0.05, 0.1) is 0 Å². The van der Waals surface area contributed by atoms with E-state index in [-0.39, 0.29) is 12.3 Å². The molecule has 0 fully saturated rings. The molecule has 0 aliphatic heterocycles. The Hall–Kier alpha value is -3.02. The smallest absolute Gasteiger partial charge is 0.227 e. The first-order valence-electron chi connectivity index (χ1n) is 7.87. The molecule has 0 bridgehead atoms. The number of pyridine rings is 1. The summed E-state index contributed by atoms with van der Waals surface area (Å²) in [7, 11) is 0. The first-order chi connectivity index (χ1) is 11.8. The summed E-state index contributed by atoms with van der Waals surface area (Å²) in [6, 6.07) is 11.4. The molecule has 6 heteroatoms. The van der Waals surface area contributed by atoms with Gasteiger partial charge in [-0.25, -0.2) is 0 Å². The number of nitrogens with one attached hydrogen (secondary N) is 1. The number of benzene rings is 1. The van der Waals surface area contributed by atoms with E-state index in [2.05, 4.69) is 27.4 Å². The number of hydrogen-bond donors (Lipinski definition) is 1. The second-order valence-corrected chi connectivity index (χ2v) is 5.31. The summed E-state index contributed by atoms with van der Waals surface area (Å²) in [6.45, 7) is 2.06. The van der Waals surface area contributed by atoms with E-state index < -0.39 is 0 Å². The number of hydrogen-bond acceptors (Lipinski definition) is 5. The summed E-state index contributed by atoms with van der Waals surface area (Å²) in [4.78, 5) is 20.4. The zero-order valence-electron chi connectivity index (χ0n) is 13.4. The number of amides is 1. The van der Waals surface area contributed by atoms with Gasteiger partial charge in [0.15, 0.2) is 0 Å². The van der Waals surface area contributed by atoms with Gasteiger partial charge in [-0.15, -0.1) is 0 Å². The molecular formula is C18H18N4O2. The molecule has 0 aliphatic rings. The fourth-order valence-corrected chi connectivity index (χ4v) is 2.36. The summed E-state index contributed by atoms with van der Waals surface area (Å²) < 4.78 is 5.20. The van der Waals surface area contributed by atoms with E-state index in [4.69, 9.17) is 4.52 Å². The van der Waals surface area contributed by atoms with Crippen LogP contribution in [0.3, 0.4) is 0 Å². The van der Waals surface area contributed by atoms with Crippen LogP contribution in [0.15, 0.2) is 53.3 Å². The monoisotopic (exact) mass is 322 g/mol. The summed E-state index contributed by atoms with van der Waals surface area (Å²) in [6.07, 6.45) is 4.90. The quantitative estimate of drug-likeness (QED) is 0.753. The van der Waals surface area contributed by atoms with Gasteiger partial charge < -0.3 is 9.84 Å². The third-order valence-corrected chi connectivity index (χ3v) is 3.64. The molecule has 0 unspecified atom stereocenters. The van der Waals surface area contributed by atoms with Gasteiger partial charge in [0.2, 0.25) is 17.6 Å². The SMILES string of the molecule is CCc1ccccc1NC(=O)CCc1nc(-c2ccncc2)no1. The number of rotatable bonds is 6. The van der Waals surface area contributed by atoms with E-state index in [1.54, 1.807) is 12.4 Å². The minimum atomic E-state index is -0.0699. The highest BCUT2D eigenvalue weighted by Crippen LogP contribution is 2.17. The molecule has 0 atom stereocenters. The third-order valence-electron chi connectivity index (χ3n) is 3.64. The maximum Gasteiger partial charge on any atom is 0.227 e. The van der Waals surface area contributed by atoms with Crippen molar-refractivity contribution >= 4 is 11.6 Å². The van der Waals surface area contributed by atoms with Gasteiger partial charge in [-0.3, -0.25) is 9.78 Å². The molecule has 0 aliphatic carbocycles. The third kappa shape index (κ3) is 3.84. The zero-order chi connectivity index (χ0) is 16.8. The minimum Gasteiger partial charge on any atom is -0.339 e. The van der Waals surface area contributed by atoms with E-state index in [0.29, 0.717) is 18.1 Å². The molecule has 0 radical (unpaired) electrons. The Labute approximate surface area is 139 Å². The van der Waals surface area contributed by atoms with Gasteiger partial charge in [-0.05, 0) is 30.2 Å². The average Bonchev–Trinajstić information content (AvgIpc) is 3.10. The van der Waals surface area contributed by atoms with E-state index in [1.165, 1.54) is 0 Å². The number of para-hydroxylation sites is 1. The number of aryl methyl sites for hydroxylation is 2. The number of carbonyl (C=O) groups excluding carboxylic acids is 1. The van der Waals surface area contributed by atoms with Crippen LogP contribution in [0.4, 0.5) is 5.69 Å². The molecule has 0 saturated heterocycles. The van der Waals surface area contributed by atoms with Crippen LogP contribution in [0.2, 0.25) is 0 Å². The molecule has 0 saturated carbocycles. The average molecular weight is 322 g/mol. The van der Waals surface area contributed by atoms with E-state index in [0.717, 1.165) is 23.2 Å². The highest BCUT2D eigenvalue weighted by Gasteiger charge is 2.11. The molecule has 1 aromatic carbocycles. The van der Waals surface area contributed by atoms with Crippen LogP contribution in [0.5, 0.6) is 0 Å². The van der Waals surface area contributed by atoms with Crippen LogP contribution in [0, 0.1) is 0 Å². The number of nitrogens with zero attached hydrogens (tertiary/aromatic N) is 3. The van der Waals surface area contributed by atoms with Crippen LogP contribution in [-0.2, 0) is 17.6 Å². The topological polar surface area (TPSA) is 80.9 Å². The molecular weight excluding hydrogens is 304 g/mol. The Bertz CT molecular complexity index is 815. The fourth-order valence-electron chi connectivity index (χ4n) is 2.36. The van der Waals surface area contributed by atoms with Crippen molar-refractivity contribution in [3.63, 3.8) is 0 Å². The molecule has 3 rings (SSSR count). The van der Waals surface area contributed by atoms with Gasteiger partial charge >= 0.3 is 0 Å². The van der Waals surface area contributed by atoms with E-state index in [9.17, 15) is 4.79 Å². The van der Waals surface area contributed by atoms with Gasteiger partial charge in [-0.1, -0.05) is 30.3 Å². The van der Waals surface area contributed by atoms with Crippen LogP contribution in [-0.4, -0.2) is 21.0 Å². The van der Waals surface area contributed by atoms with Gasteiger partial charge in [0.25, 0.3) is 0 Å². The number of carbonyl (C=O) groups is 1. The maximum absolute atomic E-state index is 12.1. The Morgan fingerprint density at radius 3 is 2.75 bits per heavy atom. The molecule has 1 N–H and O–H groups in total. The summed E-state index contributed by atoms with van der Waals surface area (Å²) in [5, 5.41) is 6.86. The Morgan fingerprint density at radius 2 is 1.96 bits per heavy atom. The number of aromatic nitrogens is 3. The second kappa shape index (κ2) is 7.50. The molecule has 2 aromatic heterocycles. The van der Waals surface area contributed by atoms with E-state index in [1.807, 2.05) is 36.4 Å². The van der Waals surface area contributed by atoms with Crippen molar-refractivity contribution in [1.82, 2.24) is 15.1 Å². The summed E-state index contributed by atoms with van der Waals surface area (Å²) in [5.41, 5.74) is 2.80. The van der Waals surface area contributed by atoms with Crippen molar-refractivity contribution in [3.8, 4) is 11.4 Å². The van der Waals surface area contributed by atoms with Gasteiger partial charge in [0, 0.05) is 36.5 Å². The molecule has 2 heterocycles. The molecule has 1 amide bonds. The Balaban J connectivity index is 1.58. The fraction of sp³-hybridized carbons (Fsp3) is 0.222. The Morgan fingerprint density at radius 1 is 1.17 bits per heavy atom. The lowest BCUT2D eigenvalue weighted by molar-refractivity contribution is -0.116. The maximum atomic E-state index is 12.1. The van der Waals surface area contributed by atoms with Crippen molar-refractivity contribution in [1.29, 1.82) is 0 Å². The predicted octanol–water partition coefficient (Wildman–Crippen LogP) is 3.27. The summed E-state index contributed by atoms with van der Waals surface area (Å²) in [5.74, 6) is 0.879. The first kappa shape index (κ1) is 15.9. The van der Waals surface area contributed by atoms with Crippen molar-refractivity contribution in [2.45, 2.75) is 26.2 Å².